The van der Waals surface area contributed by atoms with E-state index in [1.165, 1.54) is 20.3 Å². The van der Waals surface area contributed by atoms with Crippen molar-refractivity contribution in [2.75, 3.05) is 27.3 Å². The van der Waals surface area contributed by atoms with Crippen LogP contribution >= 0.6 is 0 Å². The summed E-state index contributed by atoms with van der Waals surface area (Å²) < 4.78 is 42.7. The summed E-state index contributed by atoms with van der Waals surface area (Å²) in [7, 11) is 2.53. The Labute approximate surface area is 363 Å². The number of rotatable bonds is 10. The van der Waals surface area contributed by atoms with Gasteiger partial charge in [0.15, 0.2) is 0 Å². The molecule has 4 aliphatic rings. The number of hydrogen-bond acceptors (Lipinski definition) is 8. The summed E-state index contributed by atoms with van der Waals surface area (Å²) in [6.07, 6.45) is 4.48. The summed E-state index contributed by atoms with van der Waals surface area (Å²) in [4.78, 5) is 71.6. The lowest BCUT2D eigenvalue weighted by Gasteiger charge is -2.30. The second kappa shape index (κ2) is 15.8. The summed E-state index contributed by atoms with van der Waals surface area (Å²) in [5.74, 6) is -2.85. The van der Waals surface area contributed by atoms with E-state index in [0.717, 1.165) is 36.8 Å². The smallest absolute Gasteiger partial charge is 0.407 e. The van der Waals surface area contributed by atoms with E-state index in [2.05, 4.69) is 25.6 Å². The van der Waals surface area contributed by atoms with Gasteiger partial charge in [0.1, 0.15) is 23.7 Å². The fraction of sp³-hybridized carbons (Fsp3) is 0.447. The molecule has 9 rings (SSSR count). The number of aromatic nitrogens is 4. The van der Waals surface area contributed by atoms with Crippen molar-refractivity contribution >= 4 is 35.0 Å². The summed E-state index contributed by atoms with van der Waals surface area (Å²) in [6.45, 7) is 8.55. The van der Waals surface area contributed by atoms with Gasteiger partial charge < -0.3 is 39.9 Å². The van der Waals surface area contributed by atoms with Crippen LogP contribution in [0, 0.1) is 17.3 Å². The number of methoxy groups -OCH3 is 2. The molecular formula is C47H52F2N8O6. The number of nitrogens with one attached hydrogen (secondary N) is 4. The highest BCUT2D eigenvalue weighted by molar-refractivity contribution is 5.89. The van der Waals surface area contributed by atoms with Crippen LogP contribution in [0.5, 0.6) is 0 Å². The molecule has 1 saturated carbocycles. The first-order valence-electron chi connectivity index (χ1n) is 21.6. The lowest BCUT2D eigenvalue weighted by atomic mass is 9.98. The number of imidazole rings is 2. The third kappa shape index (κ3) is 7.46. The monoisotopic (exact) mass is 862 g/mol. The third-order valence-corrected chi connectivity index (χ3v) is 13.4. The number of alkyl carbamates (subject to hydrolysis) is 2. The molecule has 3 aromatic carbocycles. The van der Waals surface area contributed by atoms with Crippen LogP contribution in [0.3, 0.4) is 0 Å². The van der Waals surface area contributed by atoms with Gasteiger partial charge in [-0.25, -0.2) is 19.6 Å². The van der Waals surface area contributed by atoms with Crippen LogP contribution in [0.25, 0.3) is 44.5 Å². The quantitative estimate of drug-likeness (QED) is 0.109. The maximum Gasteiger partial charge on any atom is 0.407 e. The highest BCUT2D eigenvalue weighted by Gasteiger charge is 2.55. The average molecular weight is 863 g/mol. The number of carbonyl (C=O) groups is 4. The highest BCUT2D eigenvalue weighted by Crippen LogP contribution is 2.58. The fourth-order valence-corrected chi connectivity index (χ4v) is 9.73. The molecule has 16 heteroatoms. The van der Waals surface area contributed by atoms with Crippen LogP contribution in [0.4, 0.5) is 18.4 Å². The molecule has 0 bridgehead atoms. The molecule has 4 atom stereocenters. The highest BCUT2D eigenvalue weighted by atomic mass is 19.3. The number of carbonyl (C=O) groups excluding carboxylic acids is 4. The number of halogens is 2. The topological polar surface area (TPSA) is 175 Å². The Balaban J connectivity index is 0.948. The number of amides is 4. The molecule has 2 aromatic heterocycles. The molecular weight excluding hydrogens is 811 g/mol. The molecule has 330 valence electrons. The largest absolute Gasteiger partial charge is 0.453 e. The summed E-state index contributed by atoms with van der Waals surface area (Å²) in [5, 5.41) is 5.37. The standard InChI is InChI=1S/C47H52F2N8O6/c1-24(2)38(54-44(60)62-5)42(58)56-17-7-8-36(56)40-50-22-35(53-40)28-10-13-30-29-12-9-26(18-31(29)47(48,49)32(30)19-28)27-11-14-33-34(20-27)52-41(51-33)37-21-46(15-16-46)23-57(37)43(59)39(25(3)4)55-45(61)63-6/h9-14,18-20,22,24-25,36-39H,7-8,15-17,21,23H2,1-6H3,(H,50,53)(H,51,52)(H,54,60)(H,55,61)/t36-,37-,38-,39-/m0/s1. The maximum atomic E-state index is 16.6. The number of nitrogens with zero attached hydrogens (tertiary/aromatic N) is 4. The van der Waals surface area contributed by atoms with Crippen LogP contribution < -0.4 is 10.6 Å². The van der Waals surface area contributed by atoms with Crippen molar-refractivity contribution < 1.29 is 37.4 Å². The van der Waals surface area contributed by atoms with Crippen molar-refractivity contribution in [2.24, 2.45) is 17.3 Å². The predicted octanol–water partition coefficient (Wildman–Crippen LogP) is 8.22. The normalized spacial score (nSPS) is 20.2. The Hall–Kier alpha value is -6.32. The molecule has 0 radical (unpaired) electrons. The Morgan fingerprint density at radius 3 is 1.97 bits per heavy atom. The first-order valence-corrected chi connectivity index (χ1v) is 21.6. The third-order valence-electron chi connectivity index (χ3n) is 13.4. The Morgan fingerprint density at radius 2 is 1.35 bits per heavy atom. The van der Waals surface area contributed by atoms with Gasteiger partial charge in [-0.3, -0.25) is 9.59 Å². The van der Waals surface area contributed by atoms with Crippen molar-refractivity contribution in [3.05, 3.63) is 83.6 Å². The zero-order valence-electron chi connectivity index (χ0n) is 36.2. The minimum atomic E-state index is -3.29. The van der Waals surface area contributed by atoms with Crippen LogP contribution in [0.1, 0.15) is 94.7 Å². The Morgan fingerprint density at radius 1 is 0.762 bits per heavy atom. The SMILES string of the molecule is COC(=O)N[C@H](C(=O)N1CCC[C@H]1c1ncc(-c2ccc3c(c2)C(F)(F)c2cc(-c4ccc5nc([C@@H]6CC7(CC7)CN6C(=O)[C@@H](NC(=O)OC)C(C)C)[nH]c5c4)ccc2-3)[nH]1)C(C)C. The number of hydrogen-bond donors (Lipinski definition) is 4. The van der Waals surface area contributed by atoms with Crippen LogP contribution in [-0.2, 0) is 25.0 Å². The molecule has 1 spiro atoms. The molecule has 63 heavy (non-hydrogen) atoms. The molecule has 2 aliphatic carbocycles. The fourth-order valence-electron chi connectivity index (χ4n) is 9.73. The maximum absolute atomic E-state index is 16.6. The lowest BCUT2D eigenvalue weighted by Crippen LogP contribution is -2.51. The van der Waals surface area contributed by atoms with E-state index < -0.39 is 30.2 Å². The van der Waals surface area contributed by atoms with E-state index in [1.54, 1.807) is 35.4 Å². The molecule has 14 nitrogen and oxygen atoms in total. The van der Waals surface area contributed by atoms with Gasteiger partial charge in [-0.2, -0.15) is 8.78 Å². The van der Waals surface area contributed by atoms with Crippen molar-refractivity contribution in [2.45, 2.75) is 89.9 Å². The minimum absolute atomic E-state index is 0.0374. The van der Waals surface area contributed by atoms with Crippen LogP contribution in [0.2, 0.25) is 0 Å². The number of likely N-dealkylation sites (tertiary alicyclic amines) is 2. The zero-order chi connectivity index (χ0) is 44.5. The second-order valence-electron chi connectivity index (χ2n) is 18.2. The van der Waals surface area contributed by atoms with Crippen molar-refractivity contribution in [3.63, 3.8) is 0 Å². The molecule has 3 fully saturated rings. The van der Waals surface area contributed by atoms with Gasteiger partial charge in [-0.15, -0.1) is 0 Å². The van der Waals surface area contributed by atoms with Crippen molar-refractivity contribution in [1.82, 2.24) is 40.4 Å². The number of fused-ring (bicyclic) bond motifs is 4. The first-order chi connectivity index (χ1) is 30.1. The van der Waals surface area contributed by atoms with E-state index in [1.807, 2.05) is 56.9 Å². The summed E-state index contributed by atoms with van der Waals surface area (Å²) >= 11 is 0. The van der Waals surface area contributed by atoms with E-state index in [0.29, 0.717) is 64.6 Å². The van der Waals surface area contributed by atoms with Crippen molar-refractivity contribution in [1.29, 1.82) is 0 Å². The van der Waals surface area contributed by atoms with Gasteiger partial charge in [-0.05, 0) is 95.9 Å². The number of alkyl halides is 2. The zero-order valence-corrected chi connectivity index (χ0v) is 36.2. The lowest BCUT2D eigenvalue weighted by molar-refractivity contribution is -0.136. The van der Waals surface area contributed by atoms with Gasteiger partial charge in [-0.1, -0.05) is 58.0 Å². The second-order valence-corrected chi connectivity index (χ2v) is 18.2. The van der Waals surface area contributed by atoms with E-state index in [-0.39, 0.29) is 52.3 Å². The number of ether oxygens (including phenoxy) is 2. The number of aromatic amines is 2. The predicted molar refractivity (Wildman–Crippen MR) is 230 cm³/mol. The molecule has 4 heterocycles. The van der Waals surface area contributed by atoms with E-state index in [9.17, 15) is 19.2 Å². The van der Waals surface area contributed by atoms with E-state index in [4.69, 9.17) is 14.5 Å². The van der Waals surface area contributed by atoms with Gasteiger partial charge in [0.2, 0.25) is 11.8 Å². The summed E-state index contributed by atoms with van der Waals surface area (Å²) in [6, 6.07) is 13.6. The Bertz CT molecular complexity index is 2630. The van der Waals surface area contributed by atoms with Crippen molar-refractivity contribution in [3.8, 4) is 33.5 Å². The number of benzene rings is 3. The van der Waals surface area contributed by atoms with Gasteiger partial charge in [0.25, 0.3) is 5.92 Å². The Kier molecular flexibility index (Phi) is 10.5. The first kappa shape index (κ1) is 42.0. The van der Waals surface area contributed by atoms with Gasteiger partial charge in [0.05, 0.1) is 49.2 Å². The van der Waals surface area contributed by atoms with E-state index >= 15 is 8.78 Å². The van der Waals surface area contributed by atoms with Gasteiger partial charge >= 0.3 is 12.2 Å². The molecule has 2 aliphatic heterocycles. The molecule has 4 amide bonds. The minimum Gasteiger partial charge on any atom is -0.453 e. The summed E-state index contributed by atoms with van der Waals surface area (Å²) in [5.41, 5.74) is 4.63. The molecule has 4 N–H and O–H groups in total. The molecule has 5 aromatic rings. The molecule has 0 unspecified atom stereocenters. The molecule has 2 saturated heterocycles. The average Bonchev–Trinajstić information content (AvgIpc) is 3.83. The number of H-pyrrole nitrogens is 2. The van der Waals surface area contributed by atoms with Crippen LogP contribution in [-0.4, -0.2) is 93.1 Å². The van der Waals surface area contributed by atoms with Gasteiger partial charge in [0, 0.05) is 29.8 Å². The van der Waals surface area contributed by atoms with Crippen LogP contribution in [0.15, 0.2) is 60.8 Å².